The van der Waals surface area contributed by atoms with E-state index in [2.05, 4.69) is 0 Å². The maximum absolute atomic E-state index is 12.5. The summed E-state index contributed by atoms with van der Waals surface area (Å²) in [5, 5.41) is 0. The zero-order chi connectivity index (χ0) is 13.7. The Morgan fingerprint density at radius 2 is 1.45 bits per heavy atom. The van der Waals surface area contributed by atoms with Gasteiger partial charge in [0.25, 0.3) is 0 Å². The summed E-state index contributed by atoms with van der Waals surface area (Å²) in [5.41, 5.74) is 0. The number of fused-ring (bicyclic) bond motifs is 2. The first-order valence-electron chi connectivity index (χ1n) is 6.46. The summed E-state index contributed by atoms with van der Waals surface area (Å²) < 4.78 is 42.2. The van der Waals surface area contributed by atoms with Gasteiger partial charge < -0.3 is 14.2 Å². The standard InChI is InChI=1S/C13H14O5S2/c14-19-7-13(17-9-5-16-6-10(9)18-13)8-20(15)12-4-2-1-3-11(12)19/h1-4,9-10H,5-8H2/t9-,10+,19-,20-/m1/s1. The Kier molecular flexibility index (Phi) is 3.08. The van der Waals surface area contributed by atoms with Gasteiger partial charge in [0, 0.05) is 0 Å². The van der Waals surface area contributed by atoms with Crippen molar-refractivity contribution < 1.29 is 22.6 Å². The third-order valence-corrected chi connectivity index (χ3v) is 6.98. The van der Waals surface area contributed by atoms with Crippen molar-refractivity contribution in [2.45, 2.75) is 27.8 Å². The van der Waals surface area contributed by atoms with E-state index in [0.717, 1.165) is 0 Å². The third-order valence-electron chi connectivity index (χ3n) is 3.75. The highest BCUT2D eigenvalue weighted by molar-refractivity contribution is 7.89. The largest absolute Gasteiger partial charge is 0.376 e. The van der Waals surface area contributed by atoms with Crippen LogP contribution in [0.5, 0.6) is 0 Å². The van der Waals surface area contributed by atoms with Crippen molar-refractivity contribution in [3.63, 3.8) is 0 Å². The van der Waals surface area contributed by atoms with E-state index in [1.807, 2.05) is 12.1 Å². The van der Waals surface area contributed by atoms with Gasteiger partial charge in [0.2, 0.25) is 0 Å². The van der Waals surface area contributed by atoms with Gasteiger partial charge in [0.1, 0.15) is 12.2 Å². The molecular formula is C13H14O5S2. The Morgan fingerprint density at radius 3 is 1.95 bits per heavy atom. The molecule has 0 unspecified atom stereocenters. The van der Waals surface area contributed by atoms with Crippen LogP contribution in [-0.2, 0) is 35.8 Å². The Bertz CT molecular complexity index is 551. The quantitative estimate of drug-likeness (QED) is 0.695. The van der Waals surface area contributed by atoms with Crippen LogP contribution in [0.25, 0.3) is 0 Å². The molecule has 1 aromatic carbocycles. The molecule has 2 saturated heterocycles. The van der Waals surface area contributed by atoms with E-state index in [4.69, 9.17) is 14.2 Å². The third kappa shape index (κ3) is 2.00. The lowest BCUT2D eigenvalue weighted by Gasteiger charge is -2.25. The van der Waals surface area contributed by atoms with Crippen LogP contribution >= 0.6 is 0 Å². The topological polar surface area (TPSA) is 61.8 Å². The molecule has 0 saturated carbocycles. The molecule has 3 aliphatic heterocycles. The normalized spacial score (nSPS) is 38.4. The van der Waals surface area contributed by atoms with Crippen molar-refractivity contribution in [2.75, 3.05) is 24.7 Å². The number of ether oxygens (including phenoxy) is 3. The summed E-state index contributed by atoms with van der Waals surface area (Å²) in [6, 6.07) is 7.15. The minimum Gasteiger partial charge on any atom is -0.376 e. The molecule has 1 spiro atoms. The van der Waals surface area contributed by atoms with Gasteiger partial charge in [0.15, 0.2) is 5.79 Å². The second kappa shape index (κ2) is 4.71. The highest BCUT2D eigenvalue weighted by Crippen LogP contribution is 2.38. The first-order chi connectivity index (χ1) is 9.67. The van der Waals surface area contributed by atoms with E-state index in [9.17, 15) is 8.42 Å². The van der Waals surface area contributed by atoms with E-state index in [1.54, 1.807) is 12.1 Å². The lowest BCUT2D eigenvalue weighted by molar-refractivity contribution is -0.157. The van der Waals surface area contributed by atoms with Gasteiger partial charge in [0.05, 0.1) is 56.1 Å². The Labute approximate surface area is 121 Å². The molecule has 5 nitrogen and oxygen atoms in total. The van der Waals surface area contributed by atoms with Crippen molar-refractivity contribution in [3.05, 3.63) is 24.3 Å². The molecule has 3 aliphatic rings. The first kappa shape index (κ1) is 13.1. The van der Waals surface area contributed by atoms with Crippen LogP contribution in [0.1, 0.15) is 0 Å². The molecule has 2 fully saturated rings. The Morgan fingerprint density at radius 1 is 0.950 bits per heavy atom. The molecule has 0 N–H and O–H groups in total. The van der Waals surface area contributed by atoms with Crippen LogP contribution < -0.4 is 0 Å². The molecule has 1 aromatic rings. The average Bonchev–Trinajstić information content (AvgIpc) is 2.94. The predicted octanol–water partition coefficient (Wildman–Crippen LogP) is 0.426. The summed E-state index contributed by atoms with van der Waals surface area (Å²) >= 11 is 0. The summed E-state index contributed by atoms with van der Waals surface area (Å²) in [4.78, 5) is 1.26. The molecule has 3 heterocycles. The second-order valence-electron chi connectivity index (χ2n) is 5.19. The molecule has 0 bridgehead atoms. The number of hydrogen-bond donors (Lipinski definition) is 0. The van der Waals surface area contributed by atoms with Crippen LogP contribution in [0.2, 0.25) is 0 Å². The smallest absolute Gasteiger partial charge is 0.193 e. The Balaban J connectivity index is 1.70. The molecule has 4 atom stereocenters. The molecular weight excluding hydrogens is 300 g/mol. The zero-order valence-corrected chi connectivity index (χ0v) is 12.3. The summed E-state index contributed by atoms with van der Waals surface area (Å²) in [5.74, 6) is -0.556. The molecule has 0 aromatic heterocycles. The summed E-state index contributed by atoms with van der Waals surface area (Å²) in [6.07, 6.45) is -0.268. The molecule has 7 heteroatoms. The van der Waals surface area contributed by atoms with Crippen LogP contribution in [0.3, 0.4) is 0 Å². The van der Waals surface area contributed by atoms with Crippen LogP contribution in [-0.4, -0.2) is 51.1 Å². The van der Waals surface area contributed by atoms with Crippen molar-refractivity contribution in [2.24, 2.45) is 0 Å². The van der Waals surface area contributed by atoms with E-state index >= 15 is 0 Å². The van der Waals surface area contributed by atoms with Gasteiger partial charge in [-0.3, -0.25) is 8.42 Å². The molecule has 4 rings (SSSR count). The van der Waals surface area contributed by atoms with Gasteiger partial charge in [-0.25, -0.2) is 0 Å². The molecule has 0 aliphatic carbocycles. The predicted molar refractivity (Wildman–Crippen MR) is 72.3 cm³/mol. The lowest BCUT2D eigenvalue weighted by Crippen LogP contribution is -2.42. The fourth-order valence-corrected chi connectivity index (χ4v) is 6.19. The van der Waals surface area contributed by atoms with E-state index in [-0.39, 0.29) is 23.7 Å². The molecule has 108 valence electrons. The molecule has 20 heavy (non-hydrogen) atoms. The maximum atomic E-state index is 12.5. The minimum absolute atomic E-state index is 0.134. The van der Waals surface area contributed by atoms with Crippen molar-refractivity contribution in [1.29, 1.82) is 0 Å². The van der Waals surface area contributed by atoms with E-state index in [1.165, 1.54) is 0 Å². The highest BCUT2D eigenvalue weighted by Gasteiger charge is 2.53. The minimum atomic E-state index is -1.27. The van der Waals surface area contributed by atoms with Gasteiger partial charge in [-0.15, -0.1) is 0 Å². The van der Waals surface area contributed by atoms with Gasteiger partial charge in [-0.05, 0) is 12.1 Å². The van der Waals surface area contributed by atoms with Crippen LogP contribution in [0.15, 0.2) is 34.1 Å². The van der Waals surface area contributed by atoms with Crippen molar-refractivity contribution in [3.8, 4) is 0 Å². The molecule has 0 amide bonds. The number of rotatable bonds is 0. The molecule has 0 radical (unpaired) electrons. The average molecular weight is 314 g/mol. The summed E-state index contributed by atoms with van der Waals surface area (Å²) in [7, 11) is -2.55. The SMILES string of the molecule is O=[S@@]1CC2(C[S@@](=O)c3ccccc31)O[C@H]1COC[C@H]1O2. The number of hydrogen-bond acceptors (Lipinski definition) is 5. The van der Waals surface area contributed by atoms with Gasteiger partial charge in [-0.2, -0.15) is 0 Å². The number of benzene rings is 1. The van der Waals surface area contributed by atoms with E-state index in [0.29, 0.717) is 23.0 Å². The maximum Gasteiger partial charge on any atom is 0.193 e. The summed E-state index contributed by atoms with van der Waals surface area (Å²) in [6.45, 7) is 0.970. The Hall–Kier alpha value is -0.600. The first-order valence-corrected chi connectivity index (χ1v) is 9.10. The van der Waals surface area contributed by atoms with E-state index < -0.39 is 27.4 Å². The van der Waals surface area contributed by atoms with Gasteiger partial charge >= 0.3 is 0 Å². The van der Waals surface area contributed by atoms with Crippen molar-refractivity contribution >= 4 is 21.6 Å². The second-order valence-corrected chi connectivity index (χ2v) is 8.03. The van der Waals surface area contributed by atoms with Crippen molar-refractivity contribution in [1.82, 2.24) is 0 Å². The van der Waals surface area contributed by atoms with Gasteiger partial charge in [-0.1, -0.05) is 12.1 Å². The lowest BCUT2D eigenvalue weighted by atomic mass is 10.3. The fraction of sp³-hybridized carbons (Fsp3) is 0.538. The van der Waals surface area contributed by atoms with Crippen LogP contribution in [0.4, 0.5) is 0 Å². The van der Waals surface area contributed by atoms with Crippen LogP contribution in [0, 0.1) is 0 Å². The monoisotopic (exact) mass is 314 g/mol. The highest BCUT2D eigenvalue weighted by atomic mass is 32.2. The zero-order valence-electron chi connectivity index (χ0n) is 10.7. The fourth-order valence-electron chi connectivity index (χ4n) is 2.87.